The third kappa shape index (κ3) is 7.05. The summed E-state index contributed by atoms with van der Waals surface area (Å²) in [6.07, 6.45) is 11.6. The van der Waals surface area contributed by atoms with E-state index in [9.17, 15) is 0 Å². The third-order valence-corrected chi connectivity index (χ3v) is 4.64. The molecule has 0 aromatic carbocycles. The lowest BCUT2D eigenvalue weighted by atomic mass is 9.73. The van der Waals surface area contributed by atoms with Crippen molar-refractivity contribution in [2.75, 3.05) is 39.8 Å². The molecular weight excluding hydrogens is 248 g/mol. The number of hydrogen-bond acceptors (Lipinski definition) is 3. The lowest BCUT2D eigenvalue weighted by Gasteiger charge is -2.40. The zero-order valence-electron chi connectivity index (χ0n) is 13.8. The first-order valence-corrected chi connectivity index (χ1v) is 8.72. The first-order valence-electron chi connectivity index (χ1n) is 8.72. The van der Waals surface area contributed by atoms with Crippen LogP contribution in [0, 0.1) is 5.41 Å². The SMILES string of the molecule is CCCNCC1(CN(C)CCCCCO)CCCCC1. The van der Waals surface area contributed by atoms with Crippen LogP contribution in [0.1, 0.15) is 64.7 Å². The van der Waals surface area contributed by atoms with Crippen LogP contribution in [-0.2, 0) is 0 Å². The second-order valence-electron chi connectivity index (χ2n) is 6.76. The average Bonchev–Trinajstić information content (AvgIpc) is 2.45. The minimum atomic E-state index is 0.342. The number of aliphatic hydroxyl groups is 1. The molecule has 0 aliphatic heterocycles. The Morgan fingerprint density at radius 2 is 1.85 bits per heavy atom. The molecule has 1 rings (SSSR count). The molecular formula is C17H36N2O. The Kier molecular flexibility index (Phi) is 9.49. The van der Waals surface area contributed by atoms with Crippen molar-refractivity contribution in [1.29, 1.82) is 0 Å². The van der Waals surface area contributed by atoms with E-state index in [1.807, 2.05) is 0 Å². The zero-order valence-corrected chi connectivity index (χ0v) is 13.8. The van der Waals surface area contributed by atoms with Crippen molar-refractivity contribution >= 4 is 0 Å². The van der Waals surface area contributed by atoms with Gasteiger partial charge in [-0.2, -0.15) is 0 Å². The van der Waals surface area contributed by atoms with Crippen LogP contribution in [0.25, 0.3) is 0 Å². The van der Waals surface area contributed by atoms with Crippen LogP contribution in [0.5, 0.6) is 0 Å². The number of nitrogens with one attached hydrogen (secondary N) is 1. The topological polar surface area (TPSA) is 35.5 Å². The Labute approximate surface area is 126 Å². The molecule has 0 amide bonds. The summed E-state index contributed by atoms with van der Waals surface area (Å²) in [5, 5.41) is 12.5. The lowest BCUT2D eigenvalue weighted by molar-refractivity contribution is 0.116. The van der Waals surface area contributed by atoms with E-state index in [1.54, 1.807) is 0 Å². The summed E-state index contributed by atoms with van der Waals surface area (Å²) in [6.45, 7) is 7.35. The molecule has 0 radical (unpaired) electrons. The van der Waals surface area contributed by atoms with E-state index in [0.717, 1.165) is 19.4 Å². The lowest BCUT2D eigenvalue weighted by Crippen LogP contribution is -2.44. The van der Waals surface area contributed by atoms with Gasteiger partial charge in [0.2, 0.25) is 0 Å². The Morgan fingerprint density at radius 3 is 2.50 bits per heavy atom. The number of aliphatic hydroxyl groups excluding tert-OH is 1. The summed E-state index contributed by atoms with van der Waals surface area (Å²) in [6, 6.07) is 0. The zero-order chi connectivity index (χ0) is 14.7. The highest BCUT2D eigenvalue weighted by Crippen LogP contribution is 2.36. The molecule has 0 aromatic heterocycles. The summed E-state index contributed by atoms with van der Waals surface area (Å²) in [5.74, 6) is 0. The van der Waals surface area contributed by atoms with E-state index in [1.165, 1.54) is 64.6 Å². The molecule has 120 valence electrons. The van der Waals surface area contributed by atoms with Crippen LogP contribution < -0.4 is 5.32 Å². The quantitative estimate of drug-likeness (QED) is 0.573. The number of unbranched alkanes of at least 4 members (excludes halogenated alkanes) is 2. The van der Waals surface area contributed by atoms with E-state index in [4.69, 9.17) is 5.11 Å². The van der Waals surface area contributed by atoms with Gasteiger partial charge in [-0.05, 0) is 64.1 Å². The second kappa shape index (κ2) is 10.6. The monoisotopic (exact) mass is 284 g/mol. The Morgan fingerprint density at radius 1 is 1.10 bits per heavy atom. The summed E-state index contributed by atoms with van der Waals surface area (Å²) in [4.78, 5) is 2.52. The van der Waals surface area contributed by atoms with Gasteiger partial charge in [0.1, 0.15) is 0 Å². The van der Waals surface area contributed by atoms with Gasteiger partial charge in [0.15, 0.2) is 0 Å². The van der Waals surface area contributed by atoms with Crippen molar-refractivity contribution in [3.05, 3.63) is 0 Å². The van der Waals surface area contributed by atoms with E-state index in [2.05, 4.69) is 24.2 Å². The van der Waals surface area contributed by atoms with Gasteiger partial charge >= 0.3 is 0 Å². The highest BCUT2D eigenvalue weighted by molar-refractivity contribution is 4.87. The highest BCUT2D eigenvalue weighted by atomic mass is 16.2. The first-order chi connectivity index (χ1) is 9.72. The summed E-state index contributed by atoms with van der Waals surface area (Å²) < 4.78 is 0. The van der Waals surface area contributed by atoms with Gasteiger partial charge in [-0.1, -0.05) is 26.2 Å². The van der Waals surface area contributed by atoms with Gasteiger partial charge in [0.25, 0.3) is 0 Å². The van der Waals surface area contributed by atoms with Crippen molar-refractivity contribution in [2.45, 2.75) is 64.7 Å². The molecule has 0 atom stereocenters. The third-order valence-electron chi connectivity index (χ3n) is 4.64. The normalized spacial score (nSPS) is 18.6. The van der Waals surface area contributed by atoms with Gasteiger partial charge in [0.05, 0.1) is 0 Å². The van der Waals surface area contributed by atoms with Crippen molar-refractivity contribution in [1.82, 2.24) is 10.2 Å². The van der Waals surface area contributed by atoms with Crippen molar-refractivity contribution in [3.8, 4) is 0 Å². The largest absolute Gasteiger partial charge is 0.396 e. The van der Waals surface area contributed by atoms with Crippen molar-refractivity contribution < 1.29 is 5.11 Å². The smallest absolute Gasteiger partial charge is 0.0431 e. The van der Waals surface area contributed by atoms with Crippen LogP contribution in [0.2, 0.25) is 0 Å². The maximum atomic E-state index is 8.83. The van der Waals surface area contributed by atoms with Crippen molar-refractivity contribution in [2.24, 2.45) is 5.41 Å². The molecule has 2 N–H and O–H groups in total. The van der Waals surface area contributed by atoms with Crippen LogP contribution in [0.4, 0.5) is 0 Å². The van der Waals surface area contributed by atoms with Crippen LogP contribution in [0.15, 0.2) is 0 Å². The molecule has 0 spiro atoms. The number of rotatable bonds is 11. The second-order valence-corrected chi connectivity index (χ2v) is 6.76. The van der Waals surface area contributed by atoms with Gasteiger partial charge in [-0.3, -0.25) is 0 Å². The molecule has 0 saturated heterocycles. The molecule has 0 heterocycles. The highest BCUT2D eigenvalue weighted by Gasteiger charge is 2.32. The van der Waals surface area contributed by atoms with Gasteiger partial charge < -0.3 is 15.3 Å². The maximum absolute atomic E-state index is 8.83. The molecule has 0 aromatic rings. The molecule has 1 aliphatic carbocycles. The van der Waals surface area contributed by atoms with E-state index in [-0.39, 0.29) is 0 Å². The number of hydrogen-bond donors (Lipinski definition) is 2. The Bertz CT molecular complexity index is 227. The molecule has 1 saturated carbocycles. The fourth-order valence-corrected chi connectivity index (χ4v) is 3.54. The van der Waals surface area contributed by atoms with Gasteiger partial charge in [-0.15, -0.1) is 0 Å². The van der Waals surface area contributed by atoms with E-state index in [0.29, 0.717) is 12.0 Å². The van der Waals surface area contributed by atoms with Gasteiger partial charge in [-0.25, -0.2) is 0 Å². The Hall–Kier alpha value is -0.120. The average molecular weight is 284 g/mol. The molecule has 1 fully saturated rings. The molecule has 0 bridgehead atoms. The molecule has 1 aliphatic rings. The summed E-state index contributed by atoms with van der Waals surface area (Å²) in [7, 11) is 2.27. The van der Waals surface area contributed by atoms with Crippen LogP contribution >= 0.6 is 0 Å². The molecule has 0 unspecified atom stereocenters. The molecule has 3 heteroatoms. The first kappa shape index (κ1) is 17.9. The molecule has 3 nitrogen and oxygen atoms in total. The minimum absolute atomic E-state index is 0.342. The molecule has 20 heavy (non-hydrogen) atoms. The van der Waals surface area contributed by atoms with Crippen LogP contribution in [-0.4, -0.2) is 49.8 Å². The van der Waals surface area contributed by atoms with Crippen LogP contribution in [0.3, 0.4) is 0 Å². The predicted molar refractivity (Wildman–Crippen MR) is 87.1 cm³/mol. The standard InChI is InChI=1S/C17H36N2O/c1-3-12-18-15-17(10-6-4-7-11-17)16-19(2)13-8-5-9-14-20/h18,20H,3-16H2,1-2H3. The summed E-state index contributed by atoms with van der Waals surface area (Å²) >= 11 is 0. The van der Waals surface area contributed by atoms with Gasteiger partial charge in [0, 0.05) is 19.7 Å². The Balaban J connectivity index is 2.34. The maximum Gasteiger partial charge on any atom is 0.0431 e. The van der Waals surface area contributed by atoms with E-state index >= 15 is 0 Å². The fourth-order valence-electron chi connectivity index (χ4n) is 3.54. The minimum Gasteiger partial charge on any atom is -0.396 e. The number of nitrogens with zero attached hydrogens (tertiary/aromatic N) is 1. The van der Waals surface area contributed by atoms with Crippen molar-refractivity contribution in [3.63, 3.8) is 0 Å². The predicted octanol–water partition coefficient (Wildman–Crippen LogP) is 3.03. The summed E-state index contributed by atoms with van der Waals surface area (Å²) in [5.41, 5.74) is 0.513. The fraction of sp³-hybridized carbons (Fsp3) is 1.00. The van der Waals surface area contributed by atoms with E-state index < -0.39 is 0 Å².